The number of aliphatic hydroxyl groups is 2. The van der Waals surface area contributed by atoms with Crippen LogP contribution < -0.4 is 0 Å². The summed E-state index contributed by atoms with van der Waals surface area (Å²) < 4.78 is 11.9. The summed E-state index contributed by atoms with van der Waals surface area (Å²) in [6.45, 7) is 13.2. The van der Waals surface area contributed by atoms with Crippen LogP contribution in [0.4, 0.5) is 0 Å². The monoisotopic (exact) mass is 547 g/mol. The van der Waals surface area contributed by atoms with Gasteiger partial charge in [0.15, 0.2) is 0 Å². The number of allylic oxidation sites excluding steroid dienone is 2. The molecule has 0 bridgehead atoms. The maximum atomic E-state index is 13.7. The van der Waals surface area contributed by atoms with Gasteiger partial charge < -0.3 is 19.7 Å². The molecule has 0 aliphatic carbocycles. The zero-order valence-electron chi connectivity index (χ0n) is 23.9. The smallest absolute Gasteiger partial charge is 0.309 e. The van der Waals surface area contributed by atoms with E-state index >= 15 is 0 Å². The number of esters is 1. The van der Waals surface area contributed by atoms with Gasteiger partial charge in [-0.05, 0) is 65.0 Å². The summed E-state index contributed by atoms with van der Waals surface area (Å²) in [5.74, 6) is -1.59. The van der Waals surface area contributed by atoms with Crippen molar-refractivity contribution < 1.29 is 29.3 Å². The van der Waals surface area contributed by atoms with Gasteiger partial charge in [0.05, 0.1) is 46.5 Å². The number of thiazole rings is 1. The molecule has 0 saturated carbocycles. The van der Waals surface area contributed by atoms with Crippen LogP contribution in [-0.4, -0.2) is 57.0 Å². The normalized spacial score (nSPS) is 35.0. The van der Waals surface area contributed by atoms with Crippen molar-refractivity contribution >= 4 is 29.2 Å². The number of ether oxygens (including phenoxy) is 2. The predicted molar refractivity (Wildman–Crippen MR) is 150 cm³/mol. The second kappa shape index (κ2) is 12.5. The number of carbonyl (C=O) groups excluding carboxylic acids is 2. The van der Waals surface area contributed by atoms with E-state index in [2.05, 4.69) is 11.9 Å². The molecule has 1 aromatic heterocycles. The van der Waals surface area contributed by atoms with Gasteiger partial charge >= 0.3 is 5.97 Å². The number of aryl methyl sites for hydroxylation is 1. The van der Waals surface area contributed by atoms with Crippen LogP contribution in [0.3, 0.4) is 0 Å². The lowest BCUT2D eigenvalue weighted by Crippen LogP contribution is -2.46. The van der Waals surface area contributed by atoms with Gasteiger partial charge in [-0.3, -0.25) is 9.59 Å². The summed E-state index contributed by atoms with van der Waals surface area (Å²) in [6.07, 6.45) is 5.94. The fourth-order valence-corrected chi connectivity index (χ4v) is 5.81. The van der Waals surface area contributed by atoms with Crippen molar-refractivity contribution in [2.45, 2.75) is 117 Å². The first-order valence-electron chi connectivity index (χ1n) is 13.7. The standard InChI is InChI=1S/C30H45NO6S/c1-18(2)10-13-23-27(34)19(3)9-8-14-30(7)25(37-30)15-22(12-11-21-17-38-20(4)31-21)36-26(33)16-24(32)29(5,6)28(23)35/h10-12,17,19,22-25,27,32,34H,8-9,13-16H2,1-7H3/t19-,22+,23+,24-,25?,27+,30?/m0/s1. The largest absolute Gasteiger partial charge is 0.458 e. The molecule has 2 unspecified atom stereocenters. The fraction of sp³-hybridized carbons (Fsp3) is 0.700. The zero-order valence-corrected chi connectivity index (χ0v) is 24.7. The Balaban J connectivity index is 1.86. The van der Waals surface area contributed by atoms with Crippen molar-refractivity contribution in [2.75, 3.05) is 0 Å². The molecule has 3 rings (SSSR count). The third kappa shape index (κ3) is 7.84. The molecule has 38 heavy (non-hydrogen) atoms. The maximum absolute atomic E-state index is 13.7. The van der Waals surface area contributed by atoms with Gasteiger partial charge in [0, 0.05) is 17.7 Å². The third-order valence-corrected chi connectivity index (χ3v) is 8.95. The zero-order chi connectivity index (χ0) is 28.3. The van der Waals surface area contributed by atoms with Crippen molar-refractivity contribution in [3.8, 4) is 0 Å². The van der Waals surface area contributed by atoms with Crippen LogP contribution in [0.25, 0.3) is 6.08 Å². The Morgan fingerprint density at radius 2 is 1.95 bits per heavy atom. The van der Waals surface area contributed by atoms with E-state index in [1.165, 1.54) is 0 Å². The number of aliphatic hydroxyl groups excluding tert-OH is 2. The van der Waals surface area contributed by atoms with Gasteiger partial charge in [0.25, 0.3) is 0 Å². The molecule has 212 valence electrons. The Labute approximate surface area is 231 Å². The first kappa shape index (κ1) is 30.7. The molecule has 2 aliphatic rings. The molecule has 0 amide bonds. The predicted octanol–water partition coefficient (Wildman–Crippen LogP) is 5.42. The molecule has 2 saturated heterocycles. The second-order valence-electron chi connectivity index (χ2n) is 12.1. The van der Waals surface area contributed by atoms with Crippen LogP contribution in [0.2, 0.25) is 0 Å². The number of cyclic esters (lactones) is 1. The maximum Gasteiger partial charge on any atom is 0.309 e. The summed E-state index contributed by atoms with van der Waals surface area (Å²) >= 11 is 1.55. The van der Waals surface area contributed by atoms with E-state index in [1.54, 1.807) is 25.2 Å². The minimum atomic E-state index is -1.25. The third-order valence-electron chi connectivity index (χ3n) is 8.16. The fourth-order valence-electron chi connectivity index (χ4n) is 5.23. The Morgan fingerprint density at radius 1 is 1.24 bits per heavy atom. The van der Waals surface area contributed by atoms with Gasteiger partial charge in [-0.15, -0.1) is 11.3 Å². The van der Waals surface area contributed by atoms with E-state index in [-0.39, 0.29) is 29.8 Å². The highest BCUT2D eigenvalue weighted by Crippen LogP contribution is 2.44. The van der Waals surface area contributed by atoms with Gasteiger partial charge in [0.2, 0.25) is 0 Å². The number of aromatic nitrogens is 1. The molecular weight excluding hydrogens is 502 g/mol. The lowest BCUT2D eigenvalue weighted by molar-refractivity contribution is -0.154. The van der Waals surface area contributed by atoms with E-state index in [4.69, 9.17) is 9.47 Å². The molecule has 7 atom stereocenters. The van der Waals surface area contributed by atoms with Crippen molar-refractivity contribution in [1.29, 1.82) is 0 Å². The molecule has 2 N–H and O–H groups in total. The molecule has 2 aliphatic heterocycles. The van der Waals surface area contributed by atoms with Crippen molar-refractivity contribution in [3.05, 3.63) is 33.8 Å². The lowest BCUT2D eigenvalue weighted by Gasteiger charge is -2.35. The minimum absolute atomic E-state index is 0.0522. The number of epoxide rings is 1. The topological polar surface area (TPSA) is 109 Å². The van der Waals surface area contributed by atoms with E-state index in [0.717, 1.165) is 35.5 Å². The first-order valence-corrected chi connectivity index (χ1v) is 14.6. The summed E-state index contributed by atoms with van der Waals surface area (Å²) in [5.41, 5.74) is 0.315. The summed E-state index contributed by atoms with van der Waals surface area (Å²) in [4.78, 5) is 31.2. The average molecular weight is 548 g/mol. The van der Waals surface area contributed by atoms with Crippen molar-refractivity contribution in [3.63, 3.8) is 0 Å². The summed E-state index contributed by atoms with van der Waals surface area (Å²) in [5, 5.41) is 25.2. The SMILES string of the molecule is CC(C)=CC[C@H]1C(=O)C(C)(C)[C@@H](O)CC(=O)O[C@H](C=Cc2csc(C)n2)CC2OC2(C)CCC[C@H](C)[C@H]1O. The number of Topliss-reactive ketones (excluding diaryl/α,β-unsaturated/α-hetero) is 1. The quantitative estimate of drug-likeness (QED) is 0.294. The van der Waals surface area contributed by atoms with Gasteiger partial charge in [-0.25, -0.2) is 4.98 Å². The minimum Gasteiger partial charge on any atom is -0.458 e. The van der Waals surface area contributed by atoms with Crippen molar-refractivity contribution in [1.82, 2.24) is 4.98 Å². The van der Waals surface area contributed by atoms with E-state index in [0.29, 0.717) is 12.8 Å². The van der Waals surface area contributed by atoms with Crippen LogP contribution in [-0.2, 0) is 19.1 Å². The van der Waals surface area contributed by atoms with E-state index in [9.17, 15) is 19.8 Å². The molecule has 3 heterocycles. The van der Waals surface area contributed by atoms with Crippen molar-refractivity contribution in [2.24, 2.45) is 17.3 Å². The molecule has 2 fully saturated rings. The lowest BCUT2D eigenvalue weighted by atomic mass is 9.71. The Hall–Kier alpha value is -1.87. The highest BCUT2D eigenvalue weighted by atomic mass is 32.1. The number of fused-ring (bicyclic) bond motifs is 1. The van der Waals surface area contributed by atoms with E-state index in [1.807, 2.05) is 51.3 Å². The molecule has 7 nitrogen and oxygen atoms in total. The van der Waals surface area contributed by atoms with Crippen LogP contribution in [0.1, 0.15) is 90.8 Å². The molecule has 1 aromatic rings. The molecule has 0 radical (unpaired) electrons. The Morgan fingerprint density at radius 3 is 2.58 bits per heavy atom. The van der Waals surface area contributed by atoms with Crippen LogP contribution in [0, 0.1) is 24.2 Å². The van der Waals surface area contributed by atoms with Gasteiger partial charge in [0.1, 0.15) is 11.9 Å². The Kier molecular flexibility index (Phi) is 10.1. The number of carbonyl (C=O) groups is 2. The number of rotatable bonds is 4. The first-order chi connectivity index (χ1) is 17.7. The molecule has 0 aromatic carbocycles. The van der Waals surface area contributed by atoms with Gasteiger partial charge in [-0.1, -0.05) is 38.8 Å². The number of hydrogen-bond acceptors (Lipinski definition) is 8. The molecule has 0 spiro atoms. The average Bonchev–Trinajstić information content (AvgIpc) is 3.26. The van der Waals surface area contributed by atoms with Crippen LogP contribution in [0.5, 0.6) is 0 Å². The molecule has 8 heteroatoms. The molecular formula is C30H45NO6S. The van der Waals surface area contributed by atoms with E-state index < -0.39 is 35.6 Å². The van der Waals surface area contributed by atoms with Gasteiger partial charge in [-0.2, -0.15) is 0 Å². The second-order valence-corrected chi connectivity index (χ2v) is 13.2. The summed E-state index contributed by atoms with van der Waals surface area (Å²) in [7, 11) is 0. The number of nitrogens with zero attached hydrogens (tertiary/aromatic N) is 1. The van der Waals surface area contributed by atoms with Crippen LogP contribution in [0.15, 0.2) is 23.1 Å². The summed E-state index contributed by atoms with van der Waals surface area (Å²) in [6, 6.07) is 0. The highest BCUT2D eigenvalue weighted by Gasteiger charge is 2.52. The highest BCUT2D eigenvalue weighted by molar-refractivity contribution is 7.09. The number of ketones is 1. The Bertz CT molecular complexity index is 1040. The number of hydrogen-bond donors (Lipinski definition) is 2. The van der Waals surface area contributed by atoms with Crippen LogP contribution >= 0.6 is 11.3 Å².